The molecule has 8 heteroatoms. The minimum atomic E-state index is -3.69. The van der Waals surface area contributed by atoms with E-state index in [1.165, 1.54) is 32.4 Å². The van der Waals surface area contributed by atoms with Gasteiger partial charge in [0.2, 0.25) is 10.0 Å². The Morgan fingerprint density at radius 1 is 1.11 bits per heavy atom. The van der Waals surface area contributed by atoms with Gasteiger partial charge in [0.05, 0.1) is 28.8 Å². The molecule has 1 amide bonds. The minimum Gasteiger partial charge on any atom is -0.496 e. The molecule has 0 radical (unpaired) electrons. The Morgan fingerprint density at radius 2 is 1.86 bits per heavy atom. The zero-order chi connectivity index (χ0) is 20.5. The van der Waals surface area contributed by atoms with Crippen LogP contribution in [0.1, 0.15) is 21.5 Å². The van der Waals surface area contributed by atoms with Crippen LogP contribution in [-0.4, -0.2) is 33.5 Å². The number of nitrogens with zero attached hydrogens (tertiary/aromatic N) is 1. The van der Waals surface area contributed by atoms with Crippen LogP contribution in [0.15, 0.2) is 47.5 Å². The third kappa shape index (κ3) is 3.69. The first-order valence-corrected chi connectivity index (χ1v) is 10.0. The topological polar surface area (TPSA) is 97.4 Å². The Bertz CT molecular complexity index is 1170. The molecule has 0 aliphatic heterocycles. The summed E-state index contributed by atoms with van der Waals surface area (Å²) >= 11 is 0. The molecule has 0 unspecified atom stereocenters. The van der Waals surface area contributed by atoms with Crippen molar-refractivity contribution in [3.05, 3.63) is 59.3 Å². The molecule has 0 fully saturated rings. The number of aryl methyl sites for hydroxylation is 2. The highest BCUT2D eigenvalue weighted by atomic mass is 32.2. The van der Waals surface area contributed by atoms with Gasteiger partial charge in [-0.05, 0) is 56.8 Å². The van der Waals surface area contributed by atoms with Gasteiger partial charge >= 0.3 is 0 Å². The zero-order valence-corrected chi connectivity index (χ0v) is 16.8. The van der Waals surface area contributed by atoms with Crippen LogP contribution < -0.4 is 14.8 Å². The quantitative estimate of drug-likeness (QED) is 0.687. The van der Waals surface area contributed by atoms with Gasteiger partial charge in [-0.15, -0.1) is 0 Å². The number of ether oxygens (including phenoxy) is 1. The fourth-order valence-corrected chi connectivity index (χ4v) is 3.82. The number of hydrogen-bond acceptors (Lipinski definition) is 5. The summed E-state index contributed by atoms with van der Waals surface area (Å²) < 4.78 is 31.7. The smallest absolute Gasteiger partial charge is 0.259 e. The second-order valence-electron chi connectivity index (χ2n) is 6.36. The van der Waals surface area contributed by atoms with Crippen LogP contribution >= 0.6 is 0 Å². The van der Waals surface area contributed by atoms with Crippen LogP contribution in [-0.2, 0) is 10.0 Å². The Hall–Kier alpha value is -2.97. The van der Waals surface area contributed by atoms with Crippen molar-refractivity contribution in [2.45, 2.75) is 18.7 Å². The summed E-state index contributed by atoms with van der Waals surface area (Å²) in [5.74, 6) is -0.199. The monoisotopic (exact) mass is 399 g/mol. The third-order valence-corrected chi connectivity index (χ3v) is 5.83. The number of benzene rings is 2. The highest BCUT2D eigenvalue weighted by Crippen LogP contribution is 2.28. The van der Waals surface area contributed by atoms with Crippen molar-refractivity contribution in [2.24, 2.45) is 0 Å². The molecule has 7 nitrogen and oxygen atoms in total. The van der Waals surface area contributed by atoms with Gasteiger partial charge in [-0.3, -0.25) is 9.78 Å². The van der Waals surface area contributed by atoms with Gasteiger partial charge < -0.3 is 10.1 Å². The lowest BCUT2D eigenvalue weighted by molar-refractivity contribution is 0.102. The predicted molar refractivity (Wildman–Crippen MR) is 108 cm³/mol. The molecule has 0 atom stereocenters. The summed E-state index contributed by atoms with van der Waals surface area (Å²) in [6.45, 7) is 3.93. The van der Waals surface area contributed by atoms with E-state index in [1.807, 2.05) is 26.0 Å². The van der Waals surface area contributed by atoms with Gasteiger partial charge in [-0.2, -0.15) is 0 Å². The Kier molecular flexibility index (Phi) is 5.35. The second kappa shape index (κ2) is 7.57. The van der Waals surface area contributed by atoms with Crippen molar-refractivity contribution in [1.29, 1.82) is 0 Å². The van der Waals surface area contributed by atoms with Crippen LogP contribution in [0.2, 0.25) is 0 Å². The first-order valence-electron chi connectivity index (χ1n) is 8.55. The lowest BCUT2D eigenvalue weighted by atomic mass is 10.1. The third-order valence-electron chi connectivity index (χ3n) is 4.42. The number of aromatic nitrogens is 1. The normalized spacial score (nSPS) is 11.4. The van der Waals surface area contributed by atoms with Crippen LogP contribution in [0.5, 0.6) is 5.75 Å². The van der Waals surface area contributed by atoms with E-state index in [1.54, 1.807) is 12.3 Å². The number of fused-ring (bicyclic) bond motifs is 1. The number of methoxy groups -OCH3 is 1. The van der Waals surface area contributed by atoms with E-state index >= 15 is 0 Å². The van der Waals surface area contributed by atoms with Gasteiger partial charge in [0.25, 0.3) is 5.91 Å². The number of amides is 1. The molecule has 3 aromatic rings. The standard InChI is InChI=1S/C20H21N3O4S/c1-12-9-13(2)19-15(10-12)17(7-8-22-19)23-20(24)16-11-14(28(25,26)21-3)5-6-18(16)27-4/h5-11,21H,1-4H3,(H,22,23,24). The maximum Gasteiger partial charge on any atom is 0.259 e. The molecule has 0 spiro atoms. The van der Waals surface area contributed by atoms with Crippen molar-refractivity contribution in [1.82, 2.24) is 9.71 Å². The summed E-state index contributed by atoms with van der Waals surface area (Å²) in [6.07, 6.45) is 1.62. The van der Waals surface area contributed by atoms with Crippen LogP contribution in [0.25, 0.3) is 10.9 Å². The van der Waals surface area contributed by atoms with Gasteiger partial charge in [0.1, 0.15) is 5.75 Å². The summed E-state index contributed by atoms with van der Waals surface area (Å²) in [5.41, 5.74) is 3.56. The van der Waals surface area contributed by atoms with E-state index in [4.69, 9.17) is 4.74 Å². The first kappa shape index (κ1) is 19.8. The van der Waals surface area contributed by atoms with Crippen molar-refractivity contribution in [3.8, 4) is 5.75 Å². The largest absolute Gasteiger partial charge is 0.496 e. The molecule has 0 aliphatic rings. The number of nitrogens with one attached hydrogen (secondary N) is 2. The van der Waals surface area contributed by atoms with Crippen molar-refractivity contribution in [3.63, 3.8) is 0 Å². The van der Waals surface area contributed by atoms with E-state index < -0.39 is 15.9 Å². The molecule has 0 aliphatic carbocycles. The highest BCUT2D eigenvalue weighted by Gasteiger charge is 2.19. The van der Waals surface area contributed by atoms with E-state index in [0.717, 1.165) is 22.0 Å². The SMILES string of the molecule is CNS(=O)(=O)c1ccc(OC)c(C(=O)Nc2ccnc3c(C)cc(C)cc23)c1. The predicted octanol–water partition coefficient (Wildman–Crippen LogP) is 3.02. The lowest BCUT2D eigenvalue weighted by Crippen LogP contribution is -2.20. The number of sulfonamides is 1. The van der Waals surface area contributed by atoms with Crippen LogP contribution in [0.3, 0.4) is 0 Å². The maximum atomic E-state index is 12.9. The molecule has 0 bridgehead atoms. The molecule has 3 rings (SSSR count). The summed E-state index contributed by atoms with van der Waals surface area (Å²) in [6, 6.07) is 9.81. The first-order chi connectivity index (χ1) is 13.3. The van der Waals surface area contributed by atoms with Crippen molar-refractivity contribution >= 4 is 32.5 Å². The molecular weight excluding hydrogens is 378 g/mol. The fourth-order valence-electron chi connectivity index (χ4n) is 3.06. The Labute approximate surface area is 163 Å². The number of hydrogen-bond donors (Lipinski definition) is 2. The molecule has 0 saturated carbocycles. The fraction of sp³-hybridized carbons (Fsp3) is 0.200. The van der Waals surface area contributed by atoms with Crippen LogP contribution in [0.4, 0.5) is 5.69 Å². The summed E-state index contributed by atoms with van der Waals surface area (Å²) in [5, 5.41) is 3.66. The molecule has 1 heterocycles. The van der Waals surface area contributed by atoms with Gasteiger partial charge in [-0.1, -0.05) is 11.6 Å². The molecule has 2 aromatic carbocycles. The Balaban J connectivity index is 2.07. The number of carbonyl (C=O) groups is 1. The van der Waals surface area contributed by atoms with Gasteiger partial charge in [0, 0.05) is 11.6 Å². The summed E-state index contributed by atoms with van der Waals surface area (Å²) in [4.78, 5) is 17.3. The van der Waals surface area contributed by atoms with E-state index in [2.05, 4.69) is 15.0 Å². The van der Waals surface area contributed by atoms with Gasteiger partial charge in [0.15, 0.2) is 0 Å². The molecule has 1 aromatic heterocycles. The van der Waals surface area contributed by atoms with Gasteiger partial charge in [-0.25, -0.2) is 13.1 Å². The van der Waals surface area contributed by atoms with Crippen LogP contribution in [0, 0.1) is 13.8 Å². The average molecular weight is 399 g/mol. The second-order valence-corrected chi connectivity index (χ2v) is 8.25. The van der Waals surface area contributed by atoms with E-state index in [-0.39, 0.29) is 16.2 Å². The van der Waals surface area contributed by atoms with E-state index in [0.29, 0.717) is 5.69 Å². The van der Waals surface area contributed by atoms with Crippen molar-refractivity contribution in [2.75, 3.05) is 19.5 Å². The Morgan fingerprint density at radius 3 is 2.54 bits per heavy atom. The number of carbonyl (C=O) groups excluding carboxylic acids is 1. The summed E-state index contributed by atoms with van der Waals surface area (Å²) in [7, 11) is -0.957. The number of rotatable bonds is 5. The zero-order valence-electron chi connectivity index (χ0n) is 16.0. The molecule has 2 N–H and O–H groups in total. The minimum absolute atomic E-state index is 0.0211. The average Bonchev–Trinajstić information content (AvgIpc) is 2.68. The maximum absolute atomic E-state index is 12.9. The lowest BCUT2D eigenvalue weighted by Gasteiger charge is -2.13. The molecule has 0 saturated heterocycles. The molecular formula is C20H21N3O4S. The molecule has 146 valence electrons. The highest BCUT2D eigenvalue weighted by molar-refractivity contribution is 7.89. The molecule has 28 heavy (non-hydrogen) atoms. The van der Waals surface area contributed by atoms with E-state index in [9.17, 15) is 13.2 Å². The number of pyridine rings is 1. The number of anilines is 1. The van der Waals surface area contributed by atoms with Crippen molar-refractivity contribution < 1.29 is 17.9 Å².